The minimum Gasteiger partial charge on any atom is -0.396 e. The van der Waals surface area contributed by atoms with Crippen LogP contribution in [0.15, 0.2) is 24.3 Å². The van der Waals surface area contributed by atoms with Gasteiger partial charge in [-0.1, -0.05) is 50.5 Å². The molecule has 0 spiro atoms. The predicted molar refractivity (Wildman–Crippen MR) is 129 cm³/mol. The molecule has 3 atom stereocenters. The Labute approximate surface area is 190 Å². The van der Waals surface area contributed by atoms with E-state index in [0.717, 1.165) is 24.9 Å². The molecule has 1 aliphatic heterocycles. The van der Waals surface area contributed by atoms with Gasteiger partial charge in [-0.25, -0.2) is 0 Å². The summed E-state index contributed by atoms with van der Waals surface area (Å²) in [6, 6.07) is 9.57. The van der Waals surface area contributed by atoms with Crippen molar-refractivity contribution in [3.05, 3.63) is 35.4 Å². The Morgan fingerprint density at radius 2 is 1.68 bits per heavy atom. The molecule has 1 saturated heterocycles. The minimum absolute atomic E-state index is 0.131. The highest BCUT2D eigenvalue weighted by Gasteiger charge is 2.29. The van der Waals surface area contributed by atoms with Gasteiger partial charge in [-0.05, 0) is 86.7 Å². The van der Waals surface area contributed by atoms with Gasteiger partial charge in [-0.2, -0.15) is 0 Å². The number of unbranched alkanes of at least 4 members (excludes halogenated alkanes) is 2. The van der Waals surface area contributed by atoms with E-state index in [2.05, 4.69) is 31.2 Å². The number of rotatable bonds is 12. The Morgan fingerprint density at radius 3 is 2.29 bits per heavy atom. The molecular weight excluding hydrogens is 384 g/mol. The van der Waals surface area contributed by atoms with Crippen molar-refractivity contribution in [2.45, 2.75) is 96.0 Å². The molecule has 1 aromatic carbocycles. The molecule has 1 aromatic rings. The fraction of sp³-hybridized carbons (Fsp3) is 0.786. The van der Waals surface area contributed by atoms with Crippen molar-refractivity contribution in [2.75, 3.05) is 26.9 Å². The first-order valence-electron chi connectivity index (χ1n) is 13.0. The maximum Gasteiger partial charge on any atom is 0.0647 e. The fourth-order valence-electron chi connectivity index (χ4n) is 5.71. The molecule has 1 heterocycles. The van der Waals surface area contributed by atoms with E-state index in [4.69, 9.17) is 9.47 Å². The zero-order chi connectivity index (χ0) is 21.9. The lowest BCUT2D eigenvalue weighted by Gasteiger charge is -2.34. The van der Waals surface area contributed by atoms with Gasteiger partial charge < -0.3 is 14.6 Å². The highest BCUT2D eigenvalue weighted by atomic mass is 16.5. The first-order valence-corrected chi connectivity index (χ1v) is 13.0. The second kappa shape index (κ2) is 13.6. The summed E-state index contributed by atoms with van der Waals surface area (Å²) in [6.07, 6.45) is 15.9. The van der Waals surface area contributed by atoms with Gasteiger partial charge in [0.25, 0.3) is 0 Å². The molecule has 0 aromatic heterocycles. The Kier molecular flexibility index (Phi) is 10.9. The van der Waals surface area contributed by atoms with E-state index in [1.807, 2.05) is 0 Å². The van der Waals surface area contributed by atoms with Gasteiger partial charge in [0.1, 0.15) is 0 Å². The monoisotopic (exact) mass is 430 g/mol. The Hall–Kier alpha value is -0.900. The van der Waals surface area contributed by atoms with E-state index in [-0.39, 0.29) is 18.6 Å². The van der Waals surface area contributed by atoms with Gasteiger partial charge in [0.15, 0.2) is 0 Å². The zero-order valence-electron chi connectivity index (χ0n) is 20.1. The second-order valence-corrected chi connectivity index (χ2v) is 10.2. The lowest BCUT2D eigenvalue weighted by Crippen LogP contribution is -2.36. The average Bonchev–Trinajstić information content (AvgIpc) is 2.83. The number of aliphatic hydroxyl groups is 1. The molecule has 3 nitrogen and oxygen atoms in total. The SMILES string of the molecule is CCCCCc1ccc(C2CCC(CCC3CCC(C(CO)COC)OC3)CC2)cc1. The number of aliphatic hydroxyl groups excluding tert-OH is 1. The molecule has 31 heavy (non-hydrogen) atoms. The number of methoxy groups -OCH3 is 1. The van der Waals surface area contributed by atoms with Crippen LogP contribution >= 0.6 is 0 Å². The number of hydrogen-bond donors (Lipinski definition) is 1. The number of benzene rings is 1. The number of ether oxygens (including phenoxy) is 2. The predicted octanol–water partition coefficient (Wildman–Crippen LogP) is 6.52. The summed E-state index contributed by atoms with van der Waals surface area (Å²) >= 11 is 0. The number of aryl methyl sites for hydroxylation is 1. The molecule has 0 bridgehead atoms. The van der Waals surface area contributed by atoms with E-state index in [1.165, 1.54) is 76.2 Å². The summed E-state index contributed by atoms with van der Waals surface area (Å²) in [5.74, 6) is 2.51. The van der Waals surface area contributed by atoms with Gasteiger partial charge in [0, 0.05) is 19.6 Å². The molecule has 0 radical (unpaired) electrons. The lowest BCUT2D eigenvalue weighted by atomic mass is 9.76. The first kappa shape index (κ1) is 24.7. The van der Waals surface area contributed by atoms with Crippen molar-refractivity contribution in [3.8, 4) is 0 Å². The third-order valence-electron chi connectivity index (χ3n) is 7.90. The Balaban J connectivity index is 1.33. The average molecular weight is 431 g/mol. The van der Waals surface area contributed by atoms with Gasteiger partial charge in [-0.15, -0.1) is 0 Å². The molecule has 3 heteroatoms. The van der Waals surface area contributed by atoms with Crippen LogP contribution in [0.25, 0.3) is 0 Å². The topological polar surface area (TPSA) is 38.7 Å². The highest BCUT2D eigenvalue weighted by Crippen LogP contribution is 2.39. The largest absolute Gasteiger partial charge is 0.396 e. The Morgan fingerprint density at radius 1 is 0.968 bits per heavy atom. The van der Waals surface area contributed by atoms with Crippen molar-refractivity contribution in [3.63, 3.8) is 0 Å². The quantitative estimate of drug-likeness (QED) is 0.383. The third-order valence-corrected chi connectivity index (χ3v) is 7.90. The fourth-order valence-corrected chi connectivity index (χ4v) is 5.71. The summed E-state index contributed by atoms with van der Waals surface area (Å²) < 4.78 is 11.3. The standard InChI is InChI=1S/C28H46O3/c1-3-4-5-6-22-9-14-25(15-10-22)26-16-11-23(12-17-26)7-8-24-13-18-28(31-20-24)27(19-29)21-30-2/h9-10,14-15,23-24,26-29H,3-8,11-13,16-21H2,1-2H3. The lowest BCUT2D eigenvalue weighted by molar-refractivity contribution is -0.0772. The molecule has 0 amide bonds. The summed E-state index contributed by atoms with van der Waals surface area (Å²) in [5, 5.41) is 9.55. The summed E-state index contributed by atoms with van der Waals surface area (Å²) in [4.78, 5) is 0. The zero-order valence-corrected chi connectivity index (χ0v) is 20.1. The summed E-state index contributed by atoms with van der Waals surface area (Å²) in [7, 11) is 1.70. The van der Waals surface area contributed by atoms with Crippen LogP contribution < -0.4 is 0 Å². The van der Waals surface area contributed by atoms with Gasteiger partial charge in [0.2, 0.25) is 0 Å². The van der Waals surface area contributed by atoms with Crippen LogP contribution in [0.2, 0.25) is 0 Å². The first-order chi connectivity index (χ1) is 15.2. The van der Waals surface area contributed by atoms with Crippen LogP contribution in [-0.2, 0) is 15.9 Å². The van der Waals surface area contributed by atoms with Crippen LogP contribution in [0.1, 0.15) is 94.6 Å². The normalized spacial score (nSPS) is 27.8. The van der Waals surface area contributed by atoms with Gasteiger partial charge in [0.05, 0.1) is 19.3 Å². The second-order valence-electron chi connectivity index (χ2n) is 10.2. The minimum atomic E-state index is 0.131. The molecule has 1 saturated carbocycles. The van der Waals surface area contributed by atoms with Gasteiger partial charge in [-0.3, -0.25) is 0 Å². The van der Waals surface area contributed by atoms with Crippen LogP contribution in [-0.4, -0.2) is 38.1 Å². The van der Waals surface area contributed by atoms with Crippen LogP contribution in [0.3, 0.4) is 0 Å². The van der Waals surface area contributed by atoms with Crippen molar-refractivity contribution in [1.82, 2.24) is 0 Å². The maximum absolute atomic E-state index is 9.55. The summed E-state index contributed by atoms with van der Waals surface area (Å²) in [5.41, 5.74) is 3.08. The van der Waals surface area contributed by atoms with E-state index in [9.17, 15) is 5.11 Å². The third kappa shape index (κ3) is 7.87. The maximum atomic E-state index is 9.55. The molecule has 2 fully saturated rings. The van der Waals surface area contributed by atoms with E-state index >= 15 is 0 Å². The van der Waals surface area contributed by atoms with E-state index in [1.54, 1.807) is 12.7 Å². The van der Waals surface area contributed by atoms with Crippen LogP contribution in [0.4, 0.5) is 0 Å². The summed E-state index contributed by atoms with van der Waals surface area (Å²) in [6.45, 7) is 3.89. The molecular formula is C28H46O3. The van der Waals surface area contributed by atoms with Crippen molar-refractivity contribution >= 4 is 0 Å². The molecule has 1 N–H and O–H groups in total. The van der Waals surface area contributed by atoms with Crippen LogP contribution in [0.5, 0.6) is 0 Å². The molecule has 176 valence electrons. The van der Waals surface area contributed by atoms with Crippen molar-refractivity contribution in [1.29, 1.82) is 0 Å². The van der Waals surface area contributed by atoms with E-state index < -0.39 is 0 Å². The smallest absolute Gasteiger partial charge is 0.0647 e. The van der Waals surface area contributed by atoms with Crippen LogP contribution in [0, 0.1) is 17.8 Å². The van der Waals surface area contributed by atoms with Gasteiger partial charge >= 0.3 is 0 Å². The van der Waals surface area contributed by atoms with Crippen molar-refractivity contribution < 1.29 is 14.6 Å². The van der Waals surface area contributed by atoms with Crippen molar-refractivity contribution in [2.24, 2.45) is 17.8 Å². The highest BCUT2D eigenvalue weighted by molar-refractivity contribution is 5.26. The number of hydrogen-bond acceptors (Lipinski definition) is 3. The Bertz CT molecular complexity index is 583. The molecule has 3 rings (SSSR count). The molecule has 2 aliphatic rings. The van der Waals surface area contributed by atoms with E-state index in [0.29, 0.717) is 12.5 Å². The molecule has 3 unspecified atom stereocenters. The molecule has 1 aliphatic carbocycles.